The van der Waals surface area contributed by atoms with Crippen molar-refractivity contribution >= 4 is 11.8 Å². The predicted octanol–water partition coefficient (Wildman–Crippen LogP) is 2.54. The standard InChI is InChI=1S/C12H25NOS/c1-14-9-4-7-13-8-10-15-11-12-5-2-3-6-12/h12-13H,2-11H2,1H3. The Morgan fingerprint density at radius 3 is 2.80 bits per heavy atom. The summed E-state index contributed by atoms with van der Waals surface area (Å²) in [6.45, 7) is 3.13. The second-order valence-corrected chi connectivity index (χ2v) is 5.47. The van der Waals surface area contributed by atoms with Crippen LogP contribution in [0, 0.1) is 5.92 Å². The van der Waals surface area contributed by atoms with E-state index in [0.29, 0.717) is 0 Å². The summed E-state index contributed by atoms with van der Waals surface area (Å²) < 4.78 is 4.99. The molecule has 2 nitrogen and oxygen atoms in total. The summed E-state index contributed by atoms with van der Waals surface area (Å²) >= 11 is 2.12. The monoisotopic (exact) mass is 231 g/mol. The smallest absolute Gasteiger partial charge is 0.0474 e. The van der Waals surface area contributed by atoms with Crippen molar-refractivity contribution in [1.29, 1.82) is 0 Å². The lowest BCUT2D eigenvalue weighted by Crippen LogP contribution is -2.19. The molecule has 0 radical (unpaired) electrons. The fourth-order valence-corrected chi connectivity index (χ4v) is 3.16. The Hall–Kier alpha value is 0.270. The van der Waals surface area contributed by atoms with Crippen LogP contribution in [0.4, 0.5) is 0 Å². The van der Waals surface area contributed by atoms with Crippen LogP contribution in [0.2, 0.25) is 0 Å². The molecule has 1 aliphatic carbocycles. The van der Waals surface area contributed by atoms with Crippen LogP contribution >= 0.6 is 11.8 Å². The van der Waals surface area contributed by atoms with Gasteiger partial charge in [-0.05, 0) is 37.5 Å². The average molecular weight is 231 g/mol. The van der Waals surface area contributed by atoms with Crippen molar-refractivity contribution in [3.8, 4) is 0 Å². The van der Waals surface area contributed by atoms with Gasteiger partial charge in [-0.1, -0.05) is 12.8 Å². The molecular formula is C12H25NOS. The third-order valence-electron chi connectivity index (χ3n) is 2.95. The molecule has 0 aromatic carbocycles. The highest BCUT2D eigenvalue weighted by Crippen LogP contribution is 2.27. The van der Waals surface area contributed by atoms with Crippen molar-refractivity contribution in [3.63, 3.8) is 0 Å². The first kappa shape index (κ1) is 13.3. The van der Waals surface area contributed by atoms with Crippen molar-refractivity contribution in [1.82, 2.24) is 5.32 Å². The lowest BCUT2D eigenvalue weighted by atomic mass is 10.1. The number of hydrogen-bond donors (Lipinski definition) is 1. The quantitative estimate of drug-likeness (QED) is 0.616. The molecule has 0 unspecified atom stereocenters. The zero-order chi connectivity index (χ0) is 10.8. The third-order valence-corrected chi connectivity index (χ3v) is 4.15. The van der Waals surface area contributed by atoms with E-state index in [1.54, 1.807) is 7.11 Å². The van der Waals surface area contributed by atoms with Crippen molar-refractivity contribution in [2.24, 2.45) is 5.92 Å². The van der Waals surface area contributed by atoms with Gasteiger partial charge in [0.25, 0.3) is 0 Å². The molecule has 1 rings (SSSR count). The van der Waals surface area contributed by atoms with Gasteiger partial charge in [0, 0.05) is 26.0 Å². The molecule has 0 spiro atoms. The van der Waals surface area contributed by atoms with Crippen LogP contribution in [-0.4, -0.2) is 38.3 Å². The number of ether oxygens (including phenoxy) is 1. The Labute approximate surface area is 98.5 Å². The highest BCUT2D eigenvalue weighted by molar-refractivity contribution is 7.99. The van der Waals surface area contributed by atoms with E-state index in [1.807, 2.05) is 0 Å². The van der Waals surface area contributed by atoms with Gasteiger partial charge < -0.3 is 10.1 Å². The molecule has 1 N–H and O–H groups in total. The van der Waals surface area contributed by atoms with Crippen molar-refractivity contribution in [2.75, 3.05) is 38.3 Å². The fourth-order valence-electron chi connectivity index (χ4n) is 2.04. The highest BCUT2D eigenvalue weighted by atomic mass is 32.2. The molecule has 1 fully saturated rings. The van der Waals surface area contributed by atoms with Gasteiger partial charge in [-0.15, -0.1) is 0 Å². The topological polar surface area (TPSA) is 21.3 Å². The molecule has 0 bridgehead atoms. The molecule has 90 valence electrons. The Bertz CT molecular complexity index is 138. The van der Waals surface area contributed by atoms with Crippen molar-refractivity contribution < 1.29 is 4.74 Å². The molecule has 0 saturated heterocycles. The molecular weight excluding hydrogens is 206 g/mol. The number of hydrogen-bond acceptors (Lipinski definition) is 3. The minimum atomic E-state index is 0.877. The number of rotatable bonds is 9. The van der Waals surface area contributed by atoms with E-state index in [-0.39, 0.29) is 0 Å². The second-order valence-electron chi connectivity index (χ2n) is 4.32. The van der Waals surface area contributed by atoms with Gasteiger partial charge in [-0.3, -0.25) is 0 Å². The minimum absolute atomic E-state index is 0.877. The molecule has 0 aromatic heterocycles. The summed E-state index contributed by atoms with van der Waals surface area (Å²) in [6.07, 6.45) is 7.04. The van der Waals surface area contributed by atoms with E-state index in [9.17, 15) is 0 Å². The maximum absolute atomic E-state index is 4.99. The molecule has 1 aliphatic rings. The Morgan fingerprint density at radius 2 is 2.07 bits per heavy atom. The SMILES string of the molecule is COCCCNCCSCC1CCCC1. The minimum Gasteiger partial charge on any atom is -0.385 e. The van der Waals surface area contributed by atoms with E-state index in [0.717, 1.165) is 32.0 Å². The van der Waals surface area contributed by atoms with Crippen LogP contribution < -0.4 is 5.32 Å². The van der Waals surface area contributed by atoms with Crippen LogP contribution in [0.3, 0.4) is 0 Å². The molecule has 0 heterocycles. The first-order valence-electron chi connectivity index (χ1n) is 6.21. The molecule has 0 aliphatic heterocycles. The van der Waals surface area contributed by atoms with E-state index in [1.165, 1.54) is 37.2 Å². The van der Waals surface area contributed by atoms with Gasteiger partial charge in [-0.25, -0.2) is 0 Å². The summed E-state index contributed by atoms with van der Waals surface area (Å²) in [6, 6.07) is 0. The molecule has 0 aromatic rings. The van der Waals surface area contributed by atoms with Gasteiger partial charge in [0.2, 0.25) is 0 Å². The lowest BCUT2D eigenvalue weighted by molar-refractivity contribution is 0.194. The molecule has 15 heavy (non-hydrogen) atoms. The van der Waals surface area contributed by atoms with Crippen LogP contribution in [-0.2, 0) is 4.74 Å². The Morgan fingerprint density at radius 1 is 1.27 bits per heavy atom. The van der Waals surface area contributed by atoms with E-state index in [2.05, 4.69) is 17.1 Å². The van der Waals surface area contributed by atoms with E-state index >= 15 is 0 Å². The van der Waals surface area contributed by atoms with E-state index in [4.69, 9.17) is 4.74 Å². The number of thioether (sulfide) groups is 1. The largest absolute Gasteiger partial charge is 0.385 e. The average Bonchev–Trinajstić information content (AvgIpc) is 2.75. The van der Waals surface area contributed by atoms with Crippen LogP contribution in [0.1, 0.15) is 32.1 Å². The van der Waals surface area contributed by atoms with Crippen LogP contribution in [0.5, 0.6) is 0 Å². The fraction of sp³-hybridized carbons (Fsp3) is 1.00. The first-order chi connectivity index (χ1) is 7.43. The van der Waals surface area contributed by atoms with Gasteiger partial charge in [0.05, 0.1) is 0 Å². The second kappa shape index (κ2) is 9.49. The summed E-state index contributed by atoms with van der Waals surface area (Å²) in [5, 5.41) is 3.44. The maximum atomic E-state index is 4.99. The normalized spacial score (nSPS) is 17.4. The summed E-state index contributed by atoms with van der Waals surface area (Å²) in [4.78, 5) is 0. The van der Waals surface area contributed by atoms with Gasteiger partial charge >= 0.3 is 0 Å². The number of methoxy groups -OCH3 is 1. The van der Waals surface area contributed by atoms with Gasteiger partial charge in [0.15, 0.2) is 0 Å². The zero-order valence-electron chi connectivity index (χ0n) is 9.96. The van der Waals surface area contributed by atoms with Crippen LogP contribution in [0.25, 0.3) is 0 Å². The third kappa shape index (κ3) is 7.20. The number of nitrogens with one attached hydrogen (secondary N) is 1. The zero-order valence-corrected chi connectivity index (χ0v) is 10.8. The Kier molecular flexibility index (Phi) is 8.44. The molecule has 1 saturated carbocycles. The van der Waals surface area contributed by atoms with Crippen molar-refractivity contribution in [3.05, 3.63) is 0 Å². The van der Waals surface area contributed by atoms with Crippen LogP contribution in [0.15, 0.2) is 0 Å². The van der Waals surface area contributed by atoms with Crippen molar-refractivity contribution in [2.45, 2.75) is 32.1 Å². The summed E-state index contributed by atoms with van der Waals surface area (Å²) in [5.74, 6) is 3.69. The molecule has 0 amide bonds. The molecule has 3 heteroatoms. The summed E-state index contributed by atoms with van der Waals surface area (Å²) in [5.41, 5.74) is 0. The van der Waals surface area contributed by atoms with E-state index < -0.39 is 0 Å². The highest BCUT2D eigenvalue weighted by Gasteiger charge is 2.13. The van der Waals surface area contributed by atoms with Gasteiger partial charge in [0.1, 0.15) is 0 Å². The van der Waals surface area contributed by atoms with Gasteiger partial charge in [-0.2, -0.15) is 11.8 Å². The molecule has 0 atom stereocenters. The first-order valence-corrected chi connectivity index (χ1v) is 7.36. The Balaban J connectivity index is 1.73. The maximum Gasteiger partial charge on any atom is 0.0474 e. The lowest BCUT2D eigenvalue weighted by Gasteiger charge is -2.08. The predicted molar refractivity (Wildman–Crippen MR) is 68.6 cm³/mol. The summed E-state index contributed by atoms with van der Waals surface area (Å²) in [7, 11) is 1.76.